The van der Waals surface area contributed by atoms with Crippen molar-refractivity contribution in [1.82, 2.24) is 29.8 Å². The highest BCUT2D eigenvalue weighted by Crippen LogP contribution is 2.32. The Labute approximate surface area is 263 Å². The molecule has 0 saturated carbocycles. The fourth-order valence-corrected chi connectivity index (χ4v) is 5.84. The van der Waals surface area contributed by atoms with E-state index in [0.29, 0.717) is 60.9 Å². The molecule has 1 atom stereocenters. The first-order chi connectivity index (χ1) is 21.7. The van der Waals surface area contributed by atoms with E-state index in [1.54, 1.807) is 35.2 Å². The third-order valence-corrected chi connectivity index (χ3v) is 8.50. The SMILES string of the molecule is CC1(NC(=O)c2ncccc2Cl)CCN(c2ccc(-c3cc(OC[C@H]4CN(C(=O)O)CCO4)cn4ncc(C#N)c34)cn2)CC1. The van der Waals surface area contributed by atoms with E-state index in [1.165, 1.54) is 11.1 Å². The quantitative estimate of drug-likeness (QED) is 0.307. The number of aromatic nitrogens is 4. The third-order valence-electron chi connectivity index (χ3n) is 8.19. The Morgan fingerprint density at radius 3 is 2.76 bits per heavy atom. The largest absolute Gasteiger partial charge is 0.489 e. The average molecular weight is 631 g/mol. The number of nitriles is 1. The number of pyridine rings is 3. The van der Waals surface area contributed by atoms with Crippen molar-refractivity contribution >= 4 is 34.9 Å². The summed E-state index contributed by atoms with van der Waals surface area (Å²) in [5, 5.41) is 26.8. The highest BCUT2D eigenvalue weighted by Gasteiger charge is 2.33. The van der Waals surface area contributed by atoms with Crippen molar-refractivity contribution in [2.24, 2.45) is 0 Å². The maximum Gasteiger partial charge on any atom is 0.407 e. The van der Waals surface area contributed by atoms with Crippen LogP contribution >= 0.6 is 11.6 Å². The van der Waals surface area contributed by atoms with E-state index in [1.807, 2.05) is 25.1 Å². The summed E-state index contributed by atoms with van der Waals surface area (Å²) in [4.78, 5) is 36.5. The number of carbonyl (C=O) groups excluding carboxylic acids is 1. The summed E-state index contributed by atoms with van der Waals surface area (Å²) in [6.07, 6.45) is 6.53. The molecule has 0 bridgehead atoms. The van der Waals surface area contributed by atoms with Gasteiger partial charge in [0, 0.05) is 48.7 Å². The van der Waals surface area contributed by atoms with Crippen molar-refractivity contribution in [2.75, 3.05) is 44.3 Å². The number of morpholine rings is 1. The van der Waals surface area contributed by atoms with Crippen LogP contribution in [0.25, 0.3) is 16.6 Å². The molecule has 2 amide bonds. The maximum absolute atomic E-state index is 12.8. The zero-order chi connectivity index (χ0) is 31.6. The van der Waals surface area contributed by atoms with Crippen LogP contribution in [0, 0.1) is 11.3 Å². The van der Waals surface area contributed by atoms with Crippen LogP contribution in [0.3, 0.4) is 0 Å². The van der Waals surface area contributed by atoms with Crippen LogP contribution < -0.4 is 15.0 Å². The highest BCUT2D eigenvalue weighted by atomic mass is 35.5. The van der Waals surface area contributed by atoms with E-state index in [9.17, 15) is 20.0 Å². The number of piperidine rings is 1. The molecule has 6 rings (SSSR count). The van der Waals surface area contributed by atoms with Gasteiger partial charge in [0.15, 0.2) is 0 Å². The minimum absolute atomic E-state index is 0.154. The molecule has 6 heterocycles. The molecule has 2 N–H and O–H groups in total. The number of hydrogen-bond donors (Lipinski definition) is 2. The normalized spacial score (nSPS) is 17.9. The molecular formula is C31H31ClN8O5. The molecule has 14 heteroatoms. The van der Waals surface area contributed by atoms with Gasteiger partial charge in [-0.3, -0.25) is 4.79 Å². The fourth-order valence-electron chi connectivity index (χ4n) is 5.63. The van der Waals surface area contributed by atoms with Gasteiger partial charge in [-0.05, 0) is 50.1 Å². The van der Waals surface area contributed by atoms with Crippen LogP contribution in [0.4, 0.5) is 10.6 Å². The number of carbonyl (C=O) groups is 2. The average Bonchev–Trinajstić information content (AvgIpc) is 3.47. The number of nitrogens with one attached hydrogen (secondary N) is 1. The zero-order valence-electron chi connectivity index (χ0n) is 24.5. The standard InChI is InChI=1S/C31H31ClN8O5/c1-31(37-29(41)27-25(32)3-2-8-34-27)6-9-38(10-7-31)26-5-4-20(15-35-26)24-13-22(18-40-28(24)21(14-33)16-36-40)45-19-23-17-39(30(42)43)11-12-44-23/h2-5,8,13,15-16,18,23H,6-7,9-12,17,19H2,1H3,(H,37,41)(H,42,43)/t23-/m1/s1. The lowest BCUT2D eigenvalue weighted by Gasteiger charge is -2.40. The zero-order valence-corrected chi connectivity index (χ0v) is 25.3. The lowest BCUT2D eigenvalue weighted by Crippen LogP contribution is -2.53. The first kappa shape index (κ1) is 30.1. The van der Waals surface area contributed by atoms with Gasteiger partial charge >= 0.3 is 6.09 Å². The van der Waals surface area contributed by atoms with Crippen LogP contribution in [0.5, 0.6) is 5.75 Å². The van der Waals surface area contributed by atoms with Crippen molar-refractivity contribution in [3.63, 3.8) is 0 Å². The van der Waals surface area contributed by atoms with Gasteiger partial charge in [-0.2, -0.15) is 10.4 Å². The number of nitrogens with zero attached hydrogens (tertiary/aromatic N) is 7. The van der Waals surface area contributed by atoms with Crippen molar-refractivity contribution in [3.05, 3.63) is 71.4 Å². The summed E-state index contributed by atoms with van der Waals surface area (Å²) in [5.41, 5.74) is 2.34. The lowest BCUT2D eigenvalue weighted by atomic mass is 9.89. The molecule has 0 radical (unpaired) electrons. The number of fused-ring (bicyclic) bond motifs is 1. The molecule has 4 aromatic heterocycles. The number of ether oxygens (including phenoxy) is 2. The maximum atomic E-state index is 12.8. The van der Waals surface area contributed by atoms with E-state index >= 15 is 0 Å². The van der Waals surface area contributed by atoms with E-state index in [4.69, 9.17) is 26.1 Å². The molecule has 0 aliphatic carbocycles. The number of anilines is 1. The Bertz CT molecular complexity index is 1760. The van der Waals surface area contributed by atoms with Crippen LogP contribution in [0.1, 0.15) is 35.8 Å². The minimum Gasteiger partial charge on any atom is -0.489 e. The van der Waals surface area contributed by atoms with E-state index < -0.39 is 17.7 Å². The molecule has 0 aromatic carbocycles. The van der Waals surface area contributed by atoms with E-state index in [-0.39, 0.29) is 24.8 Å². The van der Waals surface area contributed by atoms with Gasteiger partial charge in [-0.1, -0.05) is 11.6 Å². The minimum atomic E-state index is -0.986. The monoisotopic (exact) mass is 630 g/mol. The number of hydrogen-bond acceptors (Lipinski definition) is 9. The molecule has 232 valence electrons. The van der Waals surface area contributed by atoms with Crippen LogP contribution in [0.2, 0.25) is 5.02 Å². The third kappa shape index (κ3) is 6.47. The summed E-state index contributed by atoms with van der Waals surface area (Å²) < 4.78 is 13.3. The van der Waals surface area contributed by atoms with Crippen LogP contribution in [0.15, 0.2) is 55.1 Å². The van der Waals surface area contributed by atoms with Gasteiger partial charge in [-0.15, -0.1) is 0 Å². The van der Waals surface area contributed by atoms with Gasteiger partial charge in [0.25, 0.3) is 5.91 Å². The summed E-state index contributed by atoms with van der Waals surface area (Å²) in [6, 6.07) is 11.3. The van der Waals surface area contributed by atoms with Gasteiger partial charge in [0.2, 0.25) is 0 Å². The highest BCUT2D eigenvalue weighted by molar-refractivity contribution is 6.33. The van der Waals surface area contributed by atoms with E-state index in [2.05, 4.69) is 26.4 Å². The second kappa shape index (κ2) is 12.6. The van der Waals surface area contributed by atoms with Crippen molar-refractivity contribution in [1.29, 1.82) is 5.26 Å². The molecule has 2 aliphatic rings. The van der Waals surface area contributed by atoms with Gasteiger partial charge in [0.1, 0.15) is 36.0 Å². The number of carboxylic acid groups (broad SMARTS) is 1. The topological polar surface area (TPSA) is 158 Å². The molecule has 13 nitrogen and oxygen atoms in total. The second-order valence-corrected chi connectivity index (χ2v) is 11.7. The van der Waals surface area contributed by atoms with Gasteiger partial charge in [0.05, 0.1) is 41.6 Å². The number of halogens is 1. The number of rotatable bonds is 7. The molecule has 45 heavy (non-hydrogen) atoms. The second-order valence-electron chi connectivity index (χ2n) is 11.3. The summed E-state index contributed by atoms with van der Waals surface area (Å²) in [7, 11) is 0. The molecule has 2 fully saturated rings. The Morgan fingerprint density at radius 2 is 2.04 bits per heavy atom. The fraction of sp³-hybridized carbons (Fsp3) is 0.355. The van der Waals surface area contributed by atoms with Crippen molar-refractivity contribution in [3.8, 4) is 22.9 Å². The smallest absolute Gasteiger partial charge is 0.407 e. The molecular weight excluding hydrogens is 600 g/mol. The van der Waals surface area contributed by atoms with Crippen molar-refractivity contribution in [2.45, 2.75) is 31.4 Å². The molecule has 2 aliphatic heterocycles. The molecule has 2 saturated heterocycles. The Kier molecular flexibility index (Phi) is 8.42. The van der Waals surface area contributed by atoms with E-state index in [0.717, 1.165) is 16.9 Å². The van der Waals surface area contributed by atoms with Crippen molar-refractivity contribution < 1.29 is 24.2 Å². The van der Waals surface area contributed by atoms with Gasteiger partial charge < -0.3 is 29.7 Å². The summed E-state index contributed by atoms with van der Waals surface area (Å²) in [6.45, 7) is 4.41. The predicted octanol–water partition coefficient (Wildman–Crippen LogP) is 3.86. The van der Waals surface area contributed by atoms with Crippen LogP contribution in [-0.2, 0) is 4.74 Å². The van der Waals surface area contributed by atoms with Gasteiger partial charge in [-0.25, -0.2) is 19.3 Å². The Hall–Kier alpha value is -4.93. The summed E-state index contributed by atoms with van der Waals surface area (Å²) >= 11 is 6.16. The Balaban J connectivity index is 1.15. The Morgan fingerprint density at radius 1 is 1.22 bits per heavy atom. The molecule has 4 aromatic rings. The molecule has 0 unspecified atom stereocenters. The molecule has 0 spiro atoms. The predicted molar refractivity (Wildman–Crippen MR) is 165 cm³/mol. The first-order valence-corrected chi connectivity index (χ1v) is 14.9. The first-order valence-electron chi connectivity index (χ1n) is 14.5. The summed E-state index contributed by atoms with van der Waals surface area (Å²) in [5.74, 6) is 1.01. The van der Waals surface area contributed by atoms with Crippen LogP contribution in [-0.4, -0.2) is 92.6 Å². The lowest BCUT2D eigenvalue weighted by molar-refractivity contribution is -0.0412. The number of amides is 2.